The molecule has 0 amide bonds. The highest BCUT2D eigenvalue weighted by Gasteiger charge is 2.17. The van der Waals surface area contributed by atoms with Crippen LogP contribution in [0.2, 0.25) is 0 Å². The second kappa shape index (κ2) is 9.67. The van der Waals surface area contributed by atoms with Gasteiger partial charge in [0.25, 0.3) is 0 Å². The Morgan fingerprint density at radius 1 is 1.19 bits per heavy atom. The molecule has 32 heavy (non-hydrogen) atoms. The number of hydrogen-bond donors (Lipinski definition) is 2. The third-order valence-corrected chi connectivity index (χ3v) is 6.69. The molecule has 0 aliphatic rings. The standard InChI is InChI=1S/C23H23FN3O3PS/c1-3-10-32(28)27-19-9-8-18(24)21(22(19)31)30-20-13-26-23-17(20)11-15(12-25-23)14-4-6-16(29-2)7-5-14/h4-9,11-13,27H,3,10,31H2,1-2H3,(H,25,26). The Bertz CT molecular complexity index is 1280. The van der Waals surface area contributed by atoms with E-state index in [0.717, 1.165) is 28.7 Å². The van der Waals surface area contributed by atoms with Crippen molar-refractivity contribution in [2.45, 2.75) is 13.3 Å². The second-order valence-corrected chi connectivity index (χ2v) is 8.97. The number of nitrogens with zero attached hydrogens (tertiary/aromatic N) is 1. The smallest absolute Gasteiger partial charge is 0.172 e. The number of pyridine rings is 1. The zero-order chi connectivity index (χ0) is 22.7. The number of hydrogen-bond acceptors (Lipinski definition) is 4. The zero-order valence-electron chi connectivity index (χ0n) is 17.6. The summed E-state index contributed by atoms with van der Waals surface area (Å²) in [4.78, 5) is 7.52. The fourth-order valence-corrected chi connectivity index (χ4v) is 4.61. The van der Waals surface area contributed by atoms with Gasteiger partial charge in [-0.3, -0.25) is 0 Å². The number of H-pyrrole nitrogens is 1. The van der Waals surface area contributed by atoms with Gasteiger partial charge in [0.05, 0.1) is 18.2 Å². The van der Waals surface area contributed by atoms with E-state index in [4.69, 9.17) is 9.47 Å². The van der Waals surface area contributed by atoms with E-state index in [1.54, 1.807) is 25.6 Å². The van der Waals surface area contributed by atoms with Gasteiger partial charge in [-0.25, -0.2) is 13.6 Å². The molecule has 9 heteroatoms. The molecule has 0 aliphatic carbocycles. The van der Waals surface area contributed by atoms with Crippen LogP contribution >= 0.6 is 9.24 Å². The molecule has 0 radical (unpaired) electrons. The summed E-state index contributed by atoms with van der Waals surface area (Å²) in [5, 5.41) is 1.18. The molecule has 166 valence electrons. The van der Waals surface area contributed by atoms with E-state index < -0.39 is 16.8 Å². The maximum atomic E-state index is 14.6. The maximum absolute atomic E-state index is 14.6. The largest absolute Gasteiger partial charge is 0.497 e. The average molecular weight is 471 g/mol. The van der Waals surface area contributed by atoms with Crippen LogP contribution < -0.4 is 19.5 Å². The van der Waals surface area contributed by atoms with Crippen LogP contribution in [0, 0.1) is 5.82 Å². The van der Waals surface area contributed by atoms with Crippen molar-refractivity contribution in [1.82, 2.24) is 9.97 Å². The van der Waals surface area contributed by atoms with E-state index in [1.165, 1.54) is 6.07 Å². The molecule has 0 aliphatic heterocycles. The zero-order valence-corrected chi connectivity index (χ0v) is 19.6. The Morgan fingerprint density at radius 2 is 1.97 bits per heavy atom. The molecule has 0 spiro atoms. The molecule has 0 saturated heterocycles. The molecule has 0 fully saturated rings. The first-order valence-electron chi connectivity index (χ1n) is 10.0. The Morgan fingerprint density at radius 3 is 2.69 bits per heavy atom. The predicted octanol–water partition coefficient (Wildman–Crippen LogP) is 5.16. The van der Waals surface area contributed by atoms with Gasteiger partial charge in [-0.15, -0.1) is 0 Å². The van der Waals surface area contributed by atoms with Crippen molar-refractivity contribution in [3.05, 3.63) is 60.7 Å². The van der Waals surface area contributed by atoms with Gasteiger partial charge < -0.3 is 19.2 Å². The van der Waals surface area contributed by atoms with Gasteiger partial charge in [-0.1, -0.05) is 28.3 Å². The van der Waals surface area contributed by atoms with E-state index in [0.29, 0.717) is 28.1 Å². The Hall–Kier alpha value is -2.96. The normalized spacial score (nSPS) is 12.0. The van der Waals surface area contributed by atoms with Crippen LogP contribution in [0.15, 0.2) is 54.9 Å². The van der Waals surface area contributed by atoms with Crippen molar-refractivity contribution >= 4 is 42.3 Å². The molecule has 2 aromatic carbocycles. The van der Waals surface area contributed by atoms with Gasteiger partial charge in [-0.2, -0.15) is 0 Å². The average Bonchev–Trinajstić information content (AvgIpc) is 3.21. The maximum Gasteiger partial charge on any atom is 0.172 e. The van der Waals surface area contributed by atoms with Crippen LogP contribution in [0.5, 0.6) is 17.2 Å². The van der Waals surface area contributed by atoms with Crippen LogP contribution in [0.4, 0.5) is 10.1 Å². The third-order valence-electron chi connectivity index (χ3n) is 4.89. The number of anilines is 1. The quantitative estimate of drug-likeness (QED) is 0.348. The number of nitrogens with one attached hydrogen (secondary N) is 2. The highest BCUT2D eigenvalue weighted by molar-refractivity contribution is 7.86. The molecule has 2 atom stereocenters. The number of halogens is 1. The van der Waals surface area contributed by atoms with Crippen LogP contribution in [0.3, 0.4) is 0 Å². The molecule has 4 rings (SSSR count). The van der Waals surface area contributed by atoms with Crippen LogP contribution in [-0.4, -0.2) is 27.0 Å². The summed E-state index contributed by atoms with van der Waals surface area (Å²) >= 11 is 0. The van der Waals surface area contributed by atoms with E-state index >= 15 is 0 Å². The first kappa shape index (κ1) is 22.2. The summed E-state index contributed by atoms with van der Waals surface area (Å²) in [5.74, 6) is 1.24. The molecule has 2 N–H and O–H groups in total. The third kappa shape index (κ3) is 4.61. The first-order chi connectivity index (χ1) is 15.5. The summed E-state index contributed by atoms with van der Waals surface area (Å²) < 4.78 is 40.8. The SMILES string of the molecule is CCCS(=O)Nc1ccc(F)c(Oc2c[nH]c3ncc(-c4ccc(OC)cc4)cc23)c1P. The van der Waals surface area contributed by atoms with Crippen LogP contribution in [0.1, 0.15) is 13.3 Å². The Kier molecular flexibility index (Phi) is 6.72. The molecule has 2 unspecified atom stereocenters. The van der Waals surface area contributed by atoms with E-state index in [-0.39, 0.29) is 5.75 Å². The van der Waals surface area contributed by atoms with Crippen molar-refractivity contribution in [3.8, 4) is 28.4 Å². The summed E-state index contributed by atoms with van der Waals surface area (Å²) in [6, 6.07) is 12.4. The fraction of sp³-hybridized carbons (Fsp3) is 0.174. The number of fused-ring (bicyclic) bond motifs is 1. The monoisotopic (exact) mass is 471 g/mol. The van der Waals surface area contributed by atoms with Crippen LogP contribution in [-0.2, 0) is 11.0 Å². The Balaban J connectivity index is 1.68. The number of aromatic amines is 1. The van der Waals surface area contributed by atoms with Crippen molar-refractivity contribution in [1.29, 1.82) is 0 Å². The minimum absolute atomic E-state index is 0.0456. The molecular weight excluding hydrogens is 448 g/mol. The fourth-order valence-electron chi connectivity index (χ4n) is 3.24. The lowest BCUT2D eigenvalue weighted by Gasteiger charge is -2.14. The van der Waals surface area contributed by atoms with E-state index in [2.05, 4.69) is 23.9 Å². The lowest BCUT2D eigenvalue weighted by atomic mass is 10.1. The van der Waals surface area contributed by atoms with Crippen LogP contribution in [0.25, 0.3) is 22.2 Å². The molecule has 2 heterocycles. The molecule has 0 saturated carbocycles. The highest BCUT2D eigenvalue weighted by atomic mass is 32.2. The molecule has 0 bridgehead atoms. The topological polar surface area (TPSA) is 76.2 Å². The van der Waals surface area contributed by atoms with Crippen molar-refractivity contribution in [3.63, 3.8) is 0 Å². The number of benzene rings is 2. The van der Waals surface area contributed by atoms with Gasteiger partial charge in [0.1, 0.15) is 22.4 Å². The van der Waals surface area contributed by atoms with E-state index in [1.807, 2.05) is 37.3 Å². The molecule has 4 aromatic rings. The second-order valence-electron chi connectivity index (χ2n) is 7.09. The summed E-state index contributed by atoms with van der Waals surface area (Å²) in [7, 11) is 2.84. The van der Waals surface area contributed by atoms with Gasteiger partial charge >= 0.3 is 0 Å². The van der Waals surface area contributed by atoms with Crippen molar-refractivity contribution in [2.24, 2.45) is 0 Å². The van der Waals surface area contributed by atoms with Gasteiger partial charge in [0, 0.05) is 29.0 Å². The molecule has 2 aromatic heterocycles. The van der Waals surface area contributed by atoms with Gasteiger partial charge in [0.2, 0.25) is 0 Å². The summed E-state index contributed by atoms with van der Waals surface area (Å²) in [6.07, 6.45) is 4.18. The first-order valence-corrected chi connectivity index (χ1v) is 11.9. The van der Waals surface area contributed by atoms with Crippen molar-refractivity contribution < 1.29 is 18.1 Å². The minimum Gasteiger partial charge on any atom is -0.497 e. The number of ether oxygens (including phenoxy) is 2. The van der Waals surface area contributed by atoms with Gasteiger partial charge in [-0.05, 0) is 42.3 Å². The lowest BCUT2D eigenvalue weighted by Crippen LogP contribution is -2.14. The van der Waals surface area contributed by atoms with Crippen molar-refractivity contribution in [2.75, 3.05) is 17.6 Å². The van der Waals surface area contributed by atoms with E-state index in [9.17, 15) is 8.60 Å². The summed E-state index contributed by atoms with van der Waals surface area (Å²) in [5.41, 5.74) is 3.02. The van der Waals surface area contributed by atoms with Gasteiger partial charge in [0.15, 0.2) is 17.3 Å². The lowest BCUT2D eigenvalue weighted by molar-refractivity contribution is 0.415. The minimum atomic E-state index is -1.25. The number of aromatic nitrogens is 2. The highest BCUT2D eigenvalue weighted by Crippen LogP contribution is 2.34. The Labute approximate surface area is 190 Å². The number of methoxy groups -OCH3 is 1. The molecule has 6 nitrogen and oxygen atoms in total. The summed E-state index contributed by atoms with van der Waals surface area (Å²) in [6.45, 7) is 1.95. The predicted molar refractivity (Wildman–Crippen MR) is 131 cm³/mol. The number of rotatable bonds is 8. The molecular formula is C23H23FN3O3PS.